The number of nitrogens with one attached hydrogen (secondary N) is 1. The maximum Gasteiger partial charge on any atom is 0.251 e. The van der Waals surface area contributed by atoms with Crippen molar-refractivity contribution in [3.63, 3.8) is 0 Å². The normalized spacial score (nSPS) is 11.8. The fourth-order valence-electron chi connectivity index (χ4n) is 2.87. The highest BCUT2D eigenvalue weighted by Gasteiger charge is 2.18. The Labute approximate surface area is 158 Å². The number of rotatable bonds is 7. The van der Waals surface area contributed by atoms with Gasteiger partial charge in [0.2, 0.25) is 5.88 Å². The second kappa shape index (κ2) is 8.44. The van der Waals surface area contributed by atoms with Crippen LogP contribution in [0.5, 0.6) is 5.88 Å². The van der Waals surface area contributed by atoms with Crippen LogP contribution in [0.2, 0.25) is 0 Å². The maximum absolute atomic E-state index is 12.7. The third-order valence-electron chi connectivity index (χ3n) is 4.30. The molecule has 0 spiro atoms. The Hall–Kier alpha value is -3.22. The molecule has 27 heavy (non-hydrogen) atoms. The molecule has 0 aliphatic heterocycles. The van der Waals surface area contributed by atoms with E-state index in [2.05, 4.69) is 27.2 Å². The quantitative estimate of drug-likeness (QED) is 0.695. The molecule has 2 heterocycles. The molecule has 7 nitrogen and oxygen atoms in total. The second-order valence-corrected chi connectivity index (χ2v) is 6.21. The highest BCUT2D eigenvalue weighted by Crippen LogP contribution is 2.20. The van der Waals surface area contributed by atoms with Crippen molar-refractivity contribution < 1.29 is 9.53 Å². The minimum atomic E-state index is -0.130. The number of aromatic nitrogens is 4. The lowest BCUT2D eigenvalue weighted by Crippen LogP contribution is -2.30. The molecule has 7 heteroatoms. The molecule has 0 aliphatic rings. The van der Waals surface area contributed by atoms with E-state index in [0.717, 1.165) is 24.2 Å². The van der Waals surface area contributed by atoms with E-state index in [0.29, 0.717) is 17.3 Å². The van der Waals surface area contributed by atoms with Crippen LogP contribution in [0.25, 0.3) is 11.4 Å². The number of carbonyl (C=O) groups is 1. The van der Waals surface area contributed by atoms with E-state index >= 15 is 0 Å². The number of amides is 1. The van der Waals surface area contributed by atoms with E-state index < -0.39 is 0 Å². The average molecular weight is 365 g/mol. The lowest BCUT2D eigenvalue weighted by Gasteiger charge is -2.18. The van der Waals surface area contributed by atoms with Crippen molar-refractivity contribution in [1.82, 2.24) is 24.8 Å². The number of carbonyl (C=O) groups excluding carboxylic acids is 1. The summed E-state index contributed by atoms with van der Waals surface area (Å²) in [6, 6.07) is 8.78. The minimum Gasteiger partial charge on any atom is -0.481 e. The van der Waals surface area contributed by atoms with Crippen molar-refractivity contribution in [3.05, 3.63) is 60.3 Å². The molecule has 0 radical (unpaired) electrons. The molecule has 0 fully saturated rings. The van der Waals surface area contributed by atoms with Crippen molar-refractivity contribution in [2.75, 3.05) is 7.11 Å². The number of hydrogen-bond acceptors (Lipinski definition) is 5. The zero-order chi connectivity index (χ0) is 19.2. The minimum absolute atomic E-state index is 0.121. The molecular weight excluding hydrogens is 342 g/mol. The lowest BCUT2D eigenvalue weighted by atomic mass is 10.1. The van der Waals surface area contributed by atoms with Crippen molar-refractivity contribution in [2.24, 2.45) is 7.05 Å². The van der Waals surface area contributed by atoms with Crippen molar-refractivity contribution in [2.45, 2.75) is 25.8 Å². The predicted molar refractivity (Wildman–Crippen MR) is 102 cm³/mol. The molecule has 1 atom stereocenters. The summed E-state index contributed by atoms with van der Waals surface area (Å²) < 4.78 is 7.06. The molecule has 1 amide bonds. The smallest absolute Gasteiger partial charge is 0.251 e. The van der Waals surface area contributed by atoms with Gasteiger partial charge in [-0.3, -0.25) is 4.79 Å². The number of aryl methyl sites for hydroxylation is 1. The first kappa shape index (κ1) is 18.6. The van der Waals surface area contributed by atoms with Gasteiger partial charge in [-0.05, 0) is 18.6 Å². The average Bonchev–Trinajstić information content (AvgIpc) is 3.13. The van der Waals surface area contributed by atoms with Crippen LogP contribution in [0.4, 0.5) is 0 Å². The van der Waals surface area contributed by atoms with Gasteiger partial charge in [0, 0.05) is 42.8 Å². The summed E-state index contributed by atoms with van der Waals surface area (Å²) in [5, 5.41) is 3.08. The predicted octanol–water partition coefficient (Wildman–Crippen LogP) is 3.16. The van der Waals surface area contributed by atoms with E-state index in [1.165, 1.54) is 0 Å². The van der Waals surface area contributed by atoms with Crippen LogP contribution < -0.4 is 10.1 Å². The largest absolute Gasteiger partial charge is 0.481 e. The Bertz CT molecular complexity index is 905. The molecule has 3 aromatic rings. The van der Waals surface area contributed by atoms with Crippen LogP contribution >= 0.6 is 0 Å². The van der Waals surface area contributed by atoms with Gasteiger partial charge in [-0.1, -0.05) is 25.5 Å². The van der Waals surface area contributed by atoms with Crippen molar-refractivity contribution in [1.29, 1.82) is 0 Å². The third kappa shape index (κ3) is 4.31. The number of methoxy groups -OCH3 is 1. The van der Waals surface area contributed by atoms with Gasteiger partial charge in [0.15, 0.2) is 5.82 Å². The lowest BCUT2D eigenvalue weighted by molar-refractivity contribution is 0.0932. The van der Waals surface area contributed by atoms with Gasteiger partial charge < -0.3 is 14.6 Å². The fraction of sp³-hybridized carbons (Fsp3) is 0.300. The SMILES string of the molecule is CCC[C@@H](NC(=O)c1ccc(-c2nccc(OC)n2)cc1)c1nccn1C. The Morgan fingerprint density at radius 1 is 1.19 bits per heavy atom. The van der Waals surface area contributed by atoms with E-state index in [-0.39, 0.29) is 11.9 Å². The van der Waals surface area contributed by atoms with Gasteiger partial charge >= 0.3 is 0 Å². The summed E-state index contributed by atoms with van der Waals surface area (Å²) in [6.07, 6.45) is 7.04. The summed E-state index contributed by atoms with van der Waals surface area (Å²) in [6.45, 7) is 2.09. The Kier molecular flexibility index (Phi) is 5.80. The van der Waals surface area contributed by atoms with Crippen LogP contribution in [0.1, 0.15) is 42.0 Å². The fourth-order valence-corrected chi connectivity index (χ4v) is 2.87. The van der Waals surface area contributed by atoms with Gasteiger partial charge in [-0.2, -0.15) is 4.98 Å². The van der Waals surface area contributed by atoms with Gasteiger partial charge in [0.1, 0.15) is 5.82 Å². The first-order valence-electron chi connectivity index (χ1n) is 8.88. The highest BCUT2D eigenvalue weighted by atomic mass is 16.5. The Morgan fingerprint density at radius 2 is 1.96 bits per heavy atom. The second-order valence-electron chi connectivity index (χ2n) is 6.21. The van der Waals surface area contributed by atoms with Gasteiger partial charge in [-0.25, -0.2) is 9.97 Å². The van der Waals surface area contributed by atoms with Crippen molar-refractivity contribution in [3.8, 4) is 17.3 Å². The molecule has 0 bridgehead atoms. The summed E-state index contributed by atoms with van der Waals surface area (Å²) in [7, 11) is 3.49. The van der Waals surface area contributed by atoms with Crippen molar-refractivity contribution >= 4 is 5.91 Å². The summed E-state index contributed by atoms with van der Waals surface area (Å²) in [4.78, 5) is 25.6. The summed E-state index contributed by atoms with van der Waals surface area (Å²) in [5.41, 5.74) is 1.40. The molecule has 0 saturated heterocycles. The first-order chi connectivity index (χ1) is 13.1. The molecule has 3 rings (SSSR count). The number of nitrogens with zero attached hydrogens (tertiary/aromatic N) is 4. The van der Waals surface area contributed by atoms with Gasteiger partial charge in [0.25, 0.3) is 5.91 Å². The zero-order valence-corrected chi connectivity index (χ0v) is 15.7. The Balaban J connectivity index is 1.75. The highest BCUT2D eigenvalue weighted by molar-refractivity contribution is 5.94. The molecule has 1 N–H and O–H groups in total. The molecule has 2 aromatic heterocycles. The molecule has 0 saturated carbocycles. The third-order valence-corrected chi connectivity index (χ3v) is 4.30. The van der Waals surface area contributed by atoms with Crippen LogP contribution in [0.3, 0.4) is 0 Å². The van der Waals surface area contributed by atoms with Gasteiger partial charge in [-0.15, -0.1) is 0 Å². The van der Waals surface area contributed by atoms with E-state index in [4.69, 9.17) is 4.74 Å². The van der Waals surface area contributed by atoms with E-state index in [9.17, 15) is 4.79 Å². The monoisotopic (exact) mass is 365 g/mol. The first-order valence-corrected chi connectivity index (χ1v) is 8.88. The zero-order valence-electron chi connectivity index (χ0n) is 15.7. The number of benzene rings is 1. The van der Waals surface area contributed by atoms with Crippen LogP contribution in [-0.4, -0.2) is 32.5 Å². The molecule has 0 aliphatic carbocycles. The standard InChI is InChI=1S/C20H23N5O2/c1-4-5-16(19-22-12-13-25(19)2)23-20(26)15-8-6-14(7-9-15)18-21-11-10-17(24-18)27-3/h6-13,16H,4-5H2,1-3H3,(H,23,26)/t16-/m1/s1. The van der Waals surface area contributed by atoms with Gasteiger partial charge in [0.05, 0.1) is 13.2 Å². The van der Waals surface area contributed by atoms with E-state index in [1.54, 1.807) is 37.7 Å². The Morgan fingerprint density at radius 3 is 2.59 bits per heavy atom. The summed E-state index contributed by atoms with van der Waals surface area (Å²) in [5.74, 6) is 1.78. The number of imidazole rings is 1. The van der Waals surface area contributed by atoms with Crippen LogP contribution in [0, 0.1) is 0 Å². The molecule has 1 aromatic carbocycles. The molecule has 140 valence electrons. The molecular formula is C20H23N5O2. The topological polar surface area (TPSA) is 81.9 Å². The number of hydrogen-bond donors (Lipinski definition) is 1. The summed E-state index contributed by atoms with van der Waals surface area (Å²) >= 11 is 0. The molecule has 0 unspecified atom stereocenters. The maximum atomic E-state index is 12.7. The van der Waals surface area contributed by atoms with Crippen LogP contribution in [0.15, 0.2) is 48.9 Å². The van der Waals surface area contributed by atoms with Crippen LogP contribution in [-0.2, 0) is 7.05 Å². The van der Waals surface area contributed by atoms with E-state index in [1.807, 2.05) is 29.9 Å². The number of ether oxygens (including phenoxy) is 1.